The van der Waals surface area contributed by atoms with Gasteiger partial charge in [-0.15, -0.1) is 11.3 Å². The summed E-state index contributed by atoms with van der Waals surface area (Å²) in [5.74, 6) is 0.386. The van der Waals surface area contributed by atoms with Crippen LogP contribution in [0.3, 0.4) is 0 Å². The number of thiophene rings is 1. The van der Waals surface area contributed by atoms with Crippen LogP contribution < -0.4 is 11.2 Å². The largest absolute Gasteiger partial charge is 0.369 e. The molecule has 21 heavy (non-hydrogen) atoms. The minimum atomic E-state index is 0.386. The van der Waals surface area contributed by atoms with E-state index >= 15 is 0 Å². The first-order valence-electron chi connectivity index (χ1n) is 7.18. The molecule has 0 saturated heterocycles. The topological polar surface area (TPSA) is 67.7 Å². The summed E-state index contributed by atoms with van der Waals surface area (Å²) in [7, 11) is 0. The van der Waals surface area contributed by atoms with Crippen LogP contribution >= 0.6 is 11.3 Å². The van der Waals surface area contributed by atoms with E-state index in [1.165, 1.54) is 23.3 Å². The highest BCUT2D eigenvalue weighted by atomic mass is 32.1. The smallest absolute Gasteiger partial charge is 0.207 e. The van der Waals surface area contributed by atoms with Gasteiger partial charge < -0.3 is 5.73 Å². The highest BCUT2D eigenvalue weighted by Crippen LogP contribution is 2.34. The van der Waals surface area contributed by atoms with Crippen molar-refractivity contribution in [1.82, 2.24) is 9.55 Å². The van der Waals surface area contributed by atoms with Crippen LogP contribution in [0.25, 0.3) is 15.9 Å². The van der Waals surface area contributed by atoms with Gasteiger partial charge in [0.1, 0.15) is 10.3 Å². The Hall–Kier alpha value is -2.14. The van der Waals surface area contributed by atoms with Gasteiger partial charge >= 0.3 is 0 Å². The molecule has 106 valence electrons. The van der Waals surface area contributed by atoms with Crippen molar-refractivity contribution in [3.8, 4) is 5.69 Å². The zero-order valence-corrected chi connectivity index (χ0v) is 12.4. The molecule has 5 heteroatoms. The number of para-hydroxylation sites is 1. The van der Waals surface area contributed by atoms with E-state index in [1.54, 1.807) is 15.9 Å². The summed E-state index contributed by atoms with van der Waals surface area (Å²) in [4.78, 5) is 6.86. The zero-order chi connectivity index (χ0) is 14.4. The van der Waals surface area contributed by atoms with Crippen LogP contribution in [-0.2, 0) is 12.8 Å². The van der Waals surface area contributed by atoms with E-state index in [0.29, 0.717) is 11.4 Å². The second kappa shape index (κ2) is 4.70. The Balaban J connectivity index is 2.07. The van der Waals surface area contributed by atoms with Gasteiger partial charge in [-0.2, -0.15) is 0 Å². The molecule has 0 fully saturated rings. The third kappa shape index (κ3) is 1.88. The average molecular weight is 296 g/mol. The molecular formula is C16H16N4S. The molecule has 0 amide bonds. The number of benzene rings is 1. The van der Waals surface area contributed by atoms with Gasteiger partial charge in [0.25, 0.3) is 0 Å². The molecule has 3 aromatic rings. The Morgan fingerprint density at radius 2 is 1.90 bits per heavy atom. The number of fused-ring (bicyclic) bond motifs is 3. The van der Waals surface area contributed by atoms with Crippen molar-refractivity contribution in [2.75, 3.05) is 5.73 Å². The maximum atomic E-state index is 8.62. The minimum Gasteiger partial charge on any atom is -0.369 e. The Morgan fingerprint density at radius 1 is 1.14 bits per heavy atom. The van der Waals surface area contributed by atoms with Crippen LogP contribution in [0.2, 0.25) is 0 Å². The lowest BCUT2D eigenvalue weighted by Gasteiger charge is -2.13. The predicted molar refractivity (Wildman–Crippen MR) is 85.9 cm³/mol. The number of aryl methyl sites for hydroxylation is 2. The zero-order valence-electron chi connectivity index (χ0n) is 11.6. The quantitative estimate of drug-likeness (QED) is 0.725. The lowest BCUT2D eigenvalue weighted by Crippen LogP contribution is -2.23. The van der Waals surface area contributed by atoms with Gasteiger partial charge in [-0.25, -0.2) is 4.98 Å². The van der Waals surface area contributed by atoms with E-state index in [-0.39, 0.29) is 0 Å². The van der Waals surface area contributed by atoms with Gasteiger partial charge in [0.2, 0.25) is 5.95 Å². The third-order valence-electron chi connectivity index (χ3n) is 4.07. The molecule has 4 nitrogen and oxygen atoms in total. The maximum absolute atomic E-state index is 8.62. The van der Waals surface area contributed by atoms with Crippen molar-refractivity contribution < 1.29 is 0 Å². The first kappa shape index (κ1) is 12.6. The van der Waals surface area contributed by atoms with E-state index in [4.69, 9.17) is 11.1 Å². The van der Waals surface area contributed by atoms with Crippen molar-refractivity contribution in [3.05, 3.63) is 46.3 Å². The fraction of sp³-hybridized carbons (Fsp3) is 0.250. The lowest BCUT2D eigenvalue weighted by molar-refractivity contribution is 0.699. The van der Waals surface area contributed by atoms with Crippen molar-refractivity contribution >= 4 is 27.5 Å². The average Bonchev–Trinajstić information content (AvgIpc) is 2.86. The molecule has 0 aliphatic heterocycles. The second-order valence-electron chi connectivity index (χ2n) is 5.38. The number of hydrogen-bond acceptors (Lipinski definition) is 4. The molecule has 1 aliphatic carbocycles. The molecule has 1 aromatic carbocycles. The van der Waals surface area contributed by atoms with Gasteiger partial charge in [-0.1, -0.05) is 18.2 Å². The van der Waals surface area contributed by atoms with Crippen LogP contribution in [0.5, 0.6) is 0 Å². The molecule has 4 rings (SSSR count). The van der Waals surface area contributed by atoms with Gasteiger partial charge in [-0.3, -0.25) is 9.98 Å². The highest BCUT2D eigenvalue weighted by molar-refractivity contribution is 7.18. The molecule has 0 atom stereocenters. The minimum absolute atomic E-state index is 0.386. The van der Waals surface area contributed by atoms with Crippen LogP contribution in [0.4, 0.5) is 5.95 Å². The van der Waals surface area contributed by atoms with Crippen LogP contribution in [-0.4, -0.2) is 9.55 Å². The Labute approximate surface area is 126 Å². The van der Waals surface area contributed by atoms with Crippen molar-refractivity contribution in [1.29, 1.82) is 5.41 Å². The van der Waals surface area contributed by atoms with E-state index in [0.717, 1.165) is 28.7 Å². The molecule has 3 N–H and O–H groups in total. The molecule has 0 unspecified atom stereocenters. The molecule has 2 heterocycles. The maximum Gasteiger partial charge on any atom is 0.207 e. The second-order valence-corrected chi connectivity index (χ2v) is 6.46. The van der Waals surface area contributed by atoms with E-state index in [9.17, 15) is 0 Å². The van der Waals surface area contributed by atoms with Gasteiger partial charge in [-0.05, 0) is 43.4 Å². The summed E-state index contributed by atoms with van der Waals surface area (Å²) in [5.41, 5.74) is 8.79. The SMILES string of the molecule is N=c1c2c3c(sc2nc(N)n1-c1ccccc1)CCCC3. The van der Waals surface area contributed by atoms with Crippen molar-refractivity contribution in [3.63, 3.8) is 0 Å². The summed E-state index contributed by atoms with van der Waals surface area (Å²) < 4.78 is 1.74. The number of anilines is 1. The van der Waals surface area contributed by atoms with Crippen LogP contribution in [0.15, 0.2) is 30.3 Å². The Kier molecular flexibility index (Phi) is 2.82. The molecule has 2 aromatic heterocycles. The molecule has 0 radical (unpaired) electrons. The number of aromatic nitrogens is 2. The highest BCUT2D eigenvalue weighted by Gasteiger charge is 2.20. The van der Waals surface area contributed by atoms with E-state index in [1.807, 2.05) is 30.3 Å². The lowest BCUT2D eigenvalue weighted by atomic mass is 9.97. The van der Waals surface area contributed by atoms with Gasteiger partial charge in [0, 0.05) is 4.88 Å². The monoisotopic (exact) mass is 296 g/mol. The summed E-state index contributed by atoms with van der Waals surface area (Å²) in [6.07, 6.45) is 4.61. The standard InChI is InChI=1S/C16H16N4S/c17-14-13-11-8-4-5-9-12(11)21-15(13)19-16(18)20(14)10-6-2-1-3-7-10/h1-3,6-7,17H,4-5,8-9H2,(H2,18,19). The summed E-state index contributed by atoms with van der Waals surface area (Å²) in [5, 5.41) is 9.62. The van der Waals surface area contributed by atoms with E-state index in [2.05, 4.69) is 4.98 Å². The molecule has 0 bridgehead atoms. The first-order chi connectivity index (χ1) is 10.3. The van der Waals surface area contributed by atoms with E-state index < -0.39 is 0 Å². The number of nitrogens with one attached hydrogen (secondary N) is 1. The molecule has 1 aliphatic rings. The predicted octanol–water partition coefficient (Wildman–Crippen LogP) is 3.03. The van der Waals surface area contributed by atoms with Crippen LogP contribution in [0.1, 0.15) is 23.3 Å². The number of nitrogens with zero attached hydrogens (tertiary/aromatic N) is 2. The van der Waals surface area contributed by atoms with Crippen molar-refractivity contribution in [2.24, 2.45) is 0 Å². The fourth-order valence-corrected chi connectivity index (χ4v) is 4.36. The van der Waals surface area contributed by atoms with Gasteiger partial charge in [0.15, 0.2) is 0 Å². The first-order valence-corrected chi connectivity index (χ1v) is 8.00. The summed E-state index contributed by atoms with van der Waals surface area (Å²) in [6, 6.07) is 9.78. The summed E-state index contributed by atoms with van der Waals surface area (Å²) >= 11 is 1.71. The number of hydrogen-bond donors (Lipinski definition) is 2. The number of nitrogens with two attached hydrogens (primary N) is 1. The number of nitrogen functional groups attached to an aromatic ring is 1. The van der Waals surface area contributed by atoms with Gasteiger partial charge in [0.05, 0.1) is 11.1 Å². The molecule has 0 spiro atoms. The Morgan fingerprint density at radius 3 is 2.71 bits per heavy atom. The third-order valence-corrected chi connectivity index (χ3v) is 5.26. The normalized spacial score (nSPS) is 14.3. The number of rotatable bonds is 1. The van der Waals surface area contributed by atoms with Crippen molar-refractivity contribution in [2.45, 2.75) is 25.7 Å². The Bertz CT molecular complexity index is 877. The summed E-state index contributed by atoms with van der Waals surface area (Å²) in [6.45, 7) is 0. The molecule has 0 saturated carbocycles. The van der Waals surface area contributed by atoms with Crippen LogP contribution in [0, 0.1) is 5.41 Å². The molecular weight excluding hydrogens is 280 g/mol. The fourth-order valence-electron chi connectivity index (χ4n) is 3.09.